The van der Waals surface area contributed by atoms with Gasteiger partial charge in [0.15, 0.2) is 0 Å². The summed E-state index contributed by atoms with van der Waals surface area (Å²) in [5.41, 5.74) is 0. The van der Waals surface area contributed by atoms with E-state index in [0.717, 1.165) is 25.7 Å². The zero-order valence-corrected chi connectivity index (χ0v) is 12.4. The van der Waals surface area contributed by atoms with Gasteiger partial charge in [-0.05, 0) is 24.5 Å². The van der Waals surface area contributed by atoms with Crippen LogP contribution in [-0.4, -0.2) is 20.1 Å². The van der Waals surface area contributed by atoms with E-state index in [1.165, 1.54) is 12.1 Å². The second kappa shape index (κ2) is 7.67. The van der Waals surface area contributed by atoms with Gasteiger partial charge >= 0.3 is 0 Å². The van der Waals surface area contributed by atoms with Crippen LogP contribution >= 0.6 is 0 Å². The van der Waals surface area contributed by atoms with Crippen molar-refractivity contribution in [2.24, 2.45) is 5.92 Å². The Morgan fingerprint density at radius 3 is 2.63 bits per heavy atom. The highest BCUT2D eigenvalue weighted by atomic mass is 32.2. The van der Waals surface area contributed by atoms with Crippen molar-refractivity contribution in [1.82, 2.24) is 4.72 Å². The second-order valence-electron chi connectivity index (χ2n) is 4.65. The van der Waals surface area contributed by atoms with Gasteiger partial charge in [-0.25, -0.2) is 13.1 Å². The van der Waals surface area contributed by atoms with E-state index in [9.17, 15) is 8.42 Å². The Hall–Kier alpha value is -0.850. The Labute approximate surface area is 115 Å². The van der Waals surface area contributed by atoms with Crippen molar-refractivity contribution in [3.8, 4) is 0 Å². The third-order valence-corrected chi connectivity index (χ3v) is 4.46. The van der Waals surface area contributed by atoms with E-state index in [0.29, 0.717) is 12.5 Å². The van der Waals surface area contributed by atoms with Gasteiger partial charge in [-0.15, -0.1) is 0 Å². The maximum absolute atomic E-state index is 12.0. The third-order valence-electron chi connectivity index (χ3n) is 3.16. The molecule has 0 aliphatic rings. The molecule has 110 valence electrons. The molecule has 19 heavy (non-hydrogen) atoms. The van der Waals surface area contributed by atoms with Crippen LogP contribution < -0.4 is 4.72 Å². The van der Waals surface area contributed by atoms with Gasteiger partial charge in [0.25, 0.3) is 10.0 Å². The van der Waals surface area contributed by atoms with Gasteiger partial charge < -0.3 is 9.52 Å². The minimum atomic E-state index is -3.61. The molecular formula is C13H23NO4S. The smallest absolute Gasteiger partial charge is 0.273 e. The second-order valence-corrected chi connectivity index (χ2v) is 6.35. The summed E-state index contributed by atoms with van der Waals surface area (Å²) in [5, 5.41) is 8.72. The van der Waals surface area contributed by atoms with Crippen LogP contribution in [0.5, 0.6) is 0 Å². The van der Waals surface area contributed by atoms with Crippen LogP contribution in [0.3, 0.4) is 0 Å². The van der Waals surface area contributed by atoms with Crippen LogP contribution in [0.1, 0.15) is 45.3 Å². The Balaban J connectivity index is 2.59. The lowest BCUT2D eigenvalue weighted by Gasteiger charge is -2.14. The van der Waals surface area contributed by atoms with Gasteiger partial charge in [0, 0.05) is 6.54 Å². The molecule has 1 aromatic rings. The maximum Gasteiger partial charge on any atom is 0.273 e. The number of hydrogen-bond acceptors (Lipinski definition) is 4. The van der Waals surface area contributed by atoms with Gasteiger partial charge in [-0.1, -0.05) is 33.1 Å². The minimum absolute atomic E-state index is 0.137. The molecule has 1 unspecified atom stereocenters. The lowest BCUT2D eigenvalue weighted by molar-refractivity contribution is 0.236. The topological polar surface area (TPSA) is 79.5 Å². The predicted molar refractivity (Wildman–Crippen MR) is 73.1 cm³/mol. The summed E-state index contributed by atoms with van der Waals surface area (Å²) in [5.74, 6) is 0.598. The summed E-state index contributed by atoms with van der Waals surface area (Å²) in [6.45, 7) is 4.30. The number of rotatable bonds is 9. The monoisotopic (exact) mass is 289 g/mol. The van der Waals surface area contributed by atoms with E-state index in [1.807, 2.05) is 0 Å². The first-order chi connectivity index (χ1) is 9.03. The molecule has 0 fully saturated rings. The zero-order chi connectivity index (χ0) is 14.3. The highest BCUT2D eigenvalue weighted by molar-refractivity contribution is 7.89. The molecule has 0 amide bonds. The first-order valence-corrected chi connectivity index (χ1v) is 8.21. The summed E-state index contributed by atoms with van der Waals surface area (Å²) in [7, 11) is -3.61. The highest BCUT2D eigenvalue weighted by Gasteiger charge is 2.19. The quantitative estimate of drug-likeness (QED) is 0.731. The minimum Gasteiger partial charge on any atom is -0.446 e. The third kappa shape index (κ3) is 4.97. The van der Waals surface area contributed by atoms with Crippen LogP contribution in [-0.2, 0) is 16.6 Å². The first-order valence-electron chi connectivity index (χ1n) is 6.72. The molecule has 0 aromatic carbocycles. The van der Waals surface area contributed by atoms with Crippen molar-refractivity contribution in [2.75, 3.05) is 6.54 Å². The Bertz CT molecular complexity index is 467. The van der Waals surface area contributed by atoms with Crippen LogP contribution in [0.2, 0.25) is 0 Å². The van der Waals surface area contributed by atoms with Crippen LogP contribution in [0, 0.1) is 5.92 Å². The molecule has 0 spiro atoms. The van der Waals surface area contributed by atoms with Crippen molar-refractivity contribution in [1.29, 1.82) is 0 Å². The molecular weight excluding hydrogens is 266 g/mol. The molecule has 0 saturated heterocycles. The highest BCUT2D eigenvalue weighted by Crippen LogP contribution is 2.16. The molecule has 1 atom stereocenters. The van der Waals surface area contributed by atoms with Crippen molar-refractivity contribution >= 4 is 10.0 Å². The molecule has 1 heterocycles. The van der Waals surface area contributed by atoms with Gasteiger partial charge in [-0.3, -0.25) is 0 Å². The maximum atomic E-state index is 12.0. The number of nitrogens with one attached hydrogen (secondary N) is 1. The first kappa shape index (κ1) is 16.2. The molecule has 0 radical (unpaired) electrons. The van der Waals surface area contributed by atoms with E-state index in [1.54, 1.807) is 0 Å². The van der Waals surface area contributed by atoms with Crippen molar-refractivity contribution < 1.29 is 17.9 Å². The molecule has 0 aliphatic heterocycles. The van der Waals surface area contributed by atoms with Crippen molar-refractivity contribution in [3.63, 3.8) is 0 Å². The fourth-order valence-corrected chi connectivity index (χ4v) is 2.89. The summed E-state index contributed by atoms with van der Waals surface area (Å²) in [6, 6.07) is 2.82. The van der Waals surface area contributed by atoms with E-state index in [-0.39, 0.29) is 17.5 Å². The Morgan fingerprint density at radius 2 is 2.11 bits per heavy atom. The standard InChI is InChI=1S/C13H23NO4S/c1-3-5-6-11(4-2)9-14-19(16,17)13-8-7-12(10-15)18-13/h7-8,11,14-15H,3-6,9-10H2,1-2H3. The van der Waals surface area contributed by atoms with E-state index in [2.05, 4.69) is 18.6 Å². The zero-order valence-electron chi connectivity index (χ0n) is 11.6. The summed E-state index contributed by atoms with van der Waals surface area (Å²) >= 11 is 0. The lowest BCUT2D eigenvalue weighted by atomic mass is 10.00. The fourth-order valence-electron chi connectivity index (χ4n) is 1.83. The number of hydrogen-bond donors (Lipinski definition) is 2. The fraction of sp³-hybridized carbons (Fsp3) is 0.692. The van der Waals surface area contributed by atoms with Crippen LogP contribution in [0.25, 0.3) is 0 Å². The average Bonchev–Trinajstić information content (AvgIpc) is 2.88. The number of unbranched alkanes of at least 4 members (excludes halogenated alkanes) is 1. The lowest BCUT2D eigenvalue weighted by Crippen LogP contribution is -2.29. The number of aliphatic hydroxyl groups is 1. The molecule has 5 nitrogen and oxygen atoms in total. The number of furan rings is 1. The normalized spacial score (nSPS) is 13.6. The summed E-state index contributed by atoms with van der Waals surface area (Å²) in [6.07, 6.45) is 4.19. The van der Waals surface area contributed by atoms with E-state index < -0.39 is 10.0 Å². The molecule has 1 rings (SSSR count). The van der Waals surface area contributed by atoms with Gasteiger partial charge in [0.05, 0.1) is 0 Å². The molecule has 2 N–H and O–H groups in total. The van der Waals surface area contributed by atoms with E-state index >= 15 is 0 Å². The predicted octanol–water partition coefficient (Wildman–Crippen LogP) is 2.27. The molecule has 0 saturated carbocycles. The number of sulfonamides is 1. The Kier molecular flexibility index (Phi) is 6.54. The SMILES string of the molecule is CCCCC(CC)CNS(=O)(=O)c1ccc(CO)o1. The number of aliphatic hydroxyl groups excluding tert-OH is 1. The molecule has 6 heteroatoms. The van der Waals surface area contributed by atoms with Crippen LogP contribution in [0.15, 0.2) is 21.6 Å². The summed E-state index contributed by atoms with van der Waals surface area (Å²) in [4.78, 5) is 0. The van der Waals surface area contributed by atoms with Gasteiger partial charge in [0.2, 0.25) is 5.09 Å². The largest absolute Gasteiger partial charge is 0.446 e. The van der Waals surface area contributed by atoms with Crippen molar-refractivity contribution in [3.05, 3.63) is 17.9 Å². The molecule has 1 aromatic heterocycles. The molecule has 0 aliphatic carbocycles. The van der Waals surface area contributed by atoms with Crippen molar-refractivity contribution in [2.45, 2.75) is 51.2 Å². The van der Waals surface area contributed by atoms with Crippen LogP contribution in [0.4, 0.5) is 0 Å². The average molecular weight is 289 g/mol. The summed E-state index contributed by atoms with van der Waals surface area (Å²) < 4.78 is 31.6. The molecule has 0 bridgehead atoms. The van der Waals surface area contributed by atoms with Gasteiger partial charge in [-0.2, -0.15) is 0 Å². The van der Waals surface area contributed by atoms with E-state index in [4.69, 9.17) is 9.52 Å². The van der Waals surface area contributed by atoms with Gasteiger partial charge in [0.1, 0.15) is 12.4 Å². The Morgan fingerprint density at radius 1 is 1.37 bits per heavy atom.